The maximum atomic E-state index is 11.1. The van der Waals surface area contributed by atoms with E-state index < -0.39 is 18.0 Å². The van der Waals surface area contributed by atoms with Crippen LogP contribution in [0.3, 0.4) is 0 Å². The van der Waals surface area contributed by atoms with E-state index in [-0.39, 0.29) is 41.4 Å². The van der Waals surface area contributed by atoms with Crippen LogP contribution in [0.25, 0.3) is 0 Å². The molecule has 0 heterocycles. The fourth-order valence-electron chi connectivity index (χ4n) is 2.20. The molecule has 0 aliphatic carbocycles. The largest absolute Gasteiger partial charge is 1.00 e. The van der Waals surface area contributed by atoms with Gasteiger partial charge in [-0.05, 0) is 44.9 Å². The molecular weight excluding hydrogens is 269 g/mol. The Labute approximate surface area is 143 Å². The van der Waals surface area contributed by atoms with E-state index in [1.165, 1.54) is 0 Å². The van der Waals surface area contributed by atoms with Gasteiger partial charge in [0.15, 0.2) is 0 Å². The van der Waals surface area contributed by atoms with Crippen LogP contribution in [-0.2, 0) is 9.59 Å². The van der Waals surface area contributed by atoms with E-state index in [4.69, 9.17) is 10.8 Å². The van der Waals surface area contributed by atoms with Gasteiger partial charge in [-0.1, -0.05) is 19.8 Å². The van der Waals surface area contributed by atoms with Gasteiger partial charge in [0.25, 0.3) is 0 Å². The molecule has 6 heteroatoms. The van der Waals surface area contributed by atoms with E-state index in [2.05, 4.69) is 0 Å². The van der Waals surface area contributed by atoms with Crippen LogP contribution in [0.15, 0.2) is 0 Å². The van der Waals surface area contributed by atoms with Crippen LogP contribution in [0.1, 0.15) is 58.8 Å². The van der Waals surface area contributed by atoms with Gasteiger partial charge in [-0.25, -0.2) is 0 Å². The summed E-state index contributed by atoms with van der Waals surface area (Å²) in [6.45, 7) is 3.58. The van der Waals surface area contributed by atoms with Crippen molar-refractivity contribution in [1.82, 2.24) is 0 Å². The van der Waals surface area contributed by atoms with Crippen LogP contribution in [0, 0.1) is 11.8 Å². The molecule has 112 valence electrons. The molecule has 3 unspecified atom stereocenters. The van der Waals surface area contributed by atoms with Crippen LogP contribution in [0.5, 0.6) is 0 Å². The van der Waals surface area contributed by atoms with Crippen LogP contribution >= 0.6 is 0 Å². The molecule has 0 aromatic rings. The number of carboxylic acid groups (broad SMARTS) is 1. The van der Waals surface area contributed by atoms with Crippen molar-refractivity contribution in [1.29, 1.82) is 0 Å². The number of carbonyl (C=O) groups is 2. The first-order valence-electron chi connectivity index (χ1n) is 7.06. The second-order valence-corrected chi connectivity index (χ2v) is 5.23. The van der Waals surface area contributed by atoms with E-state index in [1.54, 1.807) is 6.92 Å². The molecule has 0 aromatic heterocycles. The Bertz CT molecular complexity index is 284. The zero-order chi connectivity index (χ0) is 14.8. The predicted molar refractivity (Wildman–Crippen MR) is 70.9 cm³/mol. The van der Waals surface area contributed by atoms with Crippen molar-refractivity contribution in [3.63, 3.8) is 0 Å². The van der Waals surface area contributed by atoms with E-state index in [1.807, 2.05) is 6.92 Å². The number of aliphatic hydroxyl groups excluding tert-OH is 1. The van der Waals surface area contributed by atoms with Gasteiger partial charge >= 0.3 is 29.6 Å². The Morgan fingerprint density at radius 3 is 1.90 bits per heavy atom. The maximum Gasteiger partial charge on any atom is 1.00 e. The van der Waals surface area contributed by atoms with Crippen molar-refractivity contribution >= 4 is 11.9 Å². The van der Waals surface area contributed by atoms with Gasteiger partial charge < -0.3 is 20.7 Å². The Hall–Kier alpha value is -0.100. The second-order valence-electron chi connectivity index (χ2n) is 5.23. The van der Waals surface area contributed by atoms with Gasteiger partial charge in [0, 0.05) is 11.9 Å². The number of carboxylic acids is 1. The van der Waals surface area contributed by atoms with Gasteiger partial charge in [-0.2, -0.15) is 0 Å². The van der Waals surface area contributed by atoms with E-state index in [0.29, 0.717) is 44.9 Å². The summed E-state index contributed by atoms with van der Waals surface area (Å²) in [5.74, 6) is -2.02. The van der Waals surface area contributed by atoms with Crippen molar-refractivity contribution < 1.29 is 49.4 Å². The molecule has 20 heavy (non-hydrogen) atoms. The smallest absolute Gasteiger partial charge is 0.550 e. The van der Waals surface area contributed by atoms with E-state index >= 15 is 0 Å². The number of hydrogen-bond acceptors (Lipinski definition) is 4. The van der Waals surface area contributed by atoms with Gasteiger partial charge in [-0.15, -0.1) is 0 Å². The van der Waals surface area contributed by atoms with Crippen LogP contribution in [0.4, 0.5) is 0 Å². The molecule has 0 aliphatic heterocycles. The first kappa shape index (κ1) is 22.2. The normalized spacial score (nSPS) is 14.9. The van der Waals surface area contributed by atoms with Crippen molar-refractivity contribution in [3.05, 3.63) is 0 Å². The number of rotatable bonds is 11. The molecule has 0 radical (unpaired) electrons. The summed E-state index contributed by atoms with van der Waals surface area (Å²) < 4.78 is 0. The van der Waals surface area contributed by atoms with Gasteiger partial charge in [-0.3, -0.25) is 4.79 Å². The molecule has 3 N–H and O–H groups in total. The van der Waals surface area contributed by atoms with Gasteiger partial charge in [0.2, 0.25) is 5.91 Å². The number of nitrogens with two attached hydrogens (primary N) is 1. The third-order valence-corrected chi connectivity index (χ3v) is 3.51. The summed E-state index contributed by atoms with van der Waals surface area (Å²) in [4.78, 5) is 22.0. The minimum Gasteiger partial charge on any atom is -0.550 e. The molecule has 0 aromatic carbocycles. The average Bonchev–Trinajstić information content (AvgIpc) is 2.31. The molecule has 0 saturated heterocycles. The fourth-order valence-corrected chi connectivity index (χ4v) is 2.20. The Morgan fingerprint density at radius 2 is 1.55 bits per heavy atom. The zero-order valence-electron chi connectivity index (χ0n) is 12.9. The summed E-state index contributed by atoms with van der Waals surface area (Å²) in [6, 6.07) is 0. The SMILES string of the molecule is CCC(CCCC(CCCC(C)O)C(=O)[O-])C(N)=O.[Na+]. The molecule has 0 rings (SSSR count). The molecule has 0 saturated carbocycles. The Kier molecular flexibility index (Phi) is 14.0. The third kappa shape index (κ3) is 10.7. The molecule has 0 spiro atoms. The fraction of sp³-hybridized carbons (Fsp3) is 0.857. The number of aliphatic carboxylic acids is 1. The van der Waals surface area contributed by atoms with Crippen molar-refractivity contribution in [3.8, 4) is 0 Å². The minimum atomic E-state index is -1.04. The van der Waals surface area contributed by atoms with E-state index in [0.717, 1.165) is 0 Å². The van der Waals surface area contributed by atoms with Crippen molar-refractivity contribution in [2.45, 2.75) is 64.9 Å². The van der Waals surface area contributed by atoms with Crippen LogP contribution < -0.4 is 40.4 Å². The van der Waals surface area contributed by atoms with Crippen molar-refractivity contribution in [2.24, 2.45) is 17.6 Å². The monoisotopic (exact) mass is 295 g/mol. The minimum absolute atomic E-state index is 0. The maximum absolute atomic E-state index is 11.1. The number of carbonyl (C=O) groups excluding carboxylic acids is 2. The summed E-state index contributed by atoms with van der Waals surface area (Å²) in [7, 11) is 0. The van der Waals surface area contributed by atoms with Crippen LogP contribution in [-0.4, -0.2) is 23.1 Å². The zero-order valence-corrected chi connectivity index (χ0v) is 14.9. The Morgan fingerprint density at radius 1 is 1.10 bits per heavy atom. The first-order chi connectivity index (χ1) is 8.88. The number of hydrogen-bond donors (Lipinski definition) is 2. The standard InChI is InChI=1S/C14H27NO4.Na/c1-3-11(13(15)17)7-5-9-12(14(18)19)8-4-6-10(2)16;/h10-12,16H,3-9H2,1-2H3,(H2,15,17)(H,18,19);/q;+1/p-1. The molecule has 0 bridgehead atoms. The number of primary amides is 1. The molecule has 0 aliphatic rings. The van der Waals surface area contributed by atoms with Gasteiger partial charge in [0.1, 0.15) is 0 Å². The number of amides is 1. The van der Waals surface area contributed by atoms with Crippen molar-refractivity contribution in [2.75, 3.05) is 0 Å². The Balaban J connectivity index is 0. The predicted octanol–water partition coefficient (Wildman–Crippen LogP) is -2.41. The summed E-state index contributed by atoms with van der Waals surface area (Å²) in [5, 5.41) is 20.1. The first-order valence-corrected chi connectivity index (χ1v) is 7.06. The summed E-state index contributed by atoms with van der Waals surface area (Å²) >= 11 is 0. The van der Waals surface area contributed by atoms with Gasteiger partial charge in [0.05, 0.1) is 6.10 Å². The number of aliphatic hydroxyl groups is 1. The topological polar surface area (TPSA) is 103 Å². The second kappa shape index (κ2) is 12.6. The molecular formula is C14H26NNaO4. The van der Waals surface area contributed by atoms with Crippen LogP contribution in [0.2, 0.25) is 0 Å². The molecule has 5 nitrogen and oxygen atoms in total. The quantitative estimate of drug-likeness (QED) is 0.414. The third-order valence-electron chi connectivity index (χ3n) is 3.51. The molecule has 1 amide bonds. The molecule has 3 atom stereocenters. The summed E-state index contributed by atoms with van der Waals surface area (Å²) in [6.07, 6.45) is 3.87. The summed E-state index contributed by atoms with van der Waals surface area (Å²) in [5.41, 5.74) is 5.24. The average molecular weight is 295 g/mol. The molecule has 0 fully saturated rings. The van der Waals surface area contributed by atoms with E-state index in [9.17, 15) is 14.7 Å².